The molecule has 0 saturated carbocycles. The number of hydrogen-bond donors (Lipinski definition) is 3. The number of aliphatic carboxylic acids is 1. The molecule has 110 valence electrons. The number of nitrogens with one attached hydrogen (secondary N) is 1. The van der Waals surface area contributed by atoms with Crippen molar-refractivity contribution in [3.8, 4) is 0 Å². The van der Waals surface area contributed by atoms with Crippen molar-refractivity contribution >= 4 is 11.9 Å². The number of methoxy groups -OCH3 is 1. The number of carbonyl (C=O) groups is 2. The summed E-state index contributed by atoms with van der Waals surface area (Å²) in [6.07, 6.45) is -1.70. The van der Waals surface area contributed by atoms with Crippen molar-refractivity contribution in [3.63, 3.8) is 0 Å². The Morgan fingerprint density at radius 2 is 2.20 bits per heavy atom. The minimum absolute atomic E-state index is 0.0571. The van der Waals surface area contributed by atoms with Gasteiger partial charge < -0.3 is 20.3 Å². The van der Waals surface area contributed by atoms with Gasteiger partial charge in [-0.2, -0.15) is 5.10 Å². The van der Waals surface area contributed by atoms with Crippen molar-refractivity contribution in [3.05, 3.63) is 28.2 Å². The predicted octanol–water partition coefficient (Wildman–Crippen LogP) is -1.93. The number of aliphatic hydroxyl groups excluding tert-OH is 1. The topological polar surface area (TPSA) is 131 Å². The van der Waals surface area contributed by atoms with Crippen LogP contribution in [0.2, 0.25) is 0 Å². The first kappa shape index (κ1) is 15.8. The van der Waals surface area contributed by atoms with Crippen molar-refractivity contribution in [1.82, 2.24) is 15.1 Å². The minimum atomic E-state index is -1.70. The Morgan fingerprint density at radius 3 is 2.80 bits per heavy atom. The Morgan fingerprint density at radius 1 is 1.50 bits per heavy atom. The van der Waals surface area contributed by atoms with Gasteiger partial charge in [-0.15, -0.1) is 0 Å². The summed E-state index contributed by atoms with van der Waals surface area (Å²) in [6, 6.07) is 2.39. The van der Waals surface area contributed by atoms with Crippen LogP contribution in [-0.4, -0.2) is 58.2 Å². The Kier molecular flexibility index (Phi) is 5.81. The summed E-state index contributed by atoms with van der Waals surface area (Å²) in [4.78, 5) is 33.5. The minimum Gasteiger partial charge on any atom is -0.479 e. The maximum atomic E-state index is 11.7. The SMILES string of the molecule is COCCn1nc(C(=O)NC[C@H](O)C(=O)O)ccc1=O. The molecule has 9 heteroatoms. The van der Waals surface area contributed by atoms with Gasteiger partial charge in [0.2, 0.25) is 0 Å². The van der Waals surface area contributed by atoms with Gasteiger partial charge >= 0.3 is 5.97 Å². The monoisotopic (exact) mass is 285 g/mol. The molecule has 20 heavy (non-hydrogen) atoms. The predicted molar refractivity (Wildman–Crippen MR) is 66.3 cm³/mol. The molecule has 0 aliphatic carbocycles. The van der Waals surface area contributed by atoms with Crippen LogP contribution in [0, 0.1) is 0 Å². The molecule has 1 rings (SSSR count). The highest BCUT2D eigenvalue weighted by Crippen LogP contribution is 1.92. The van der Waals surface area contributed by atoms with Crippen molar-refractivity contribution in [2.24, 2.45) is 0 Å². The molecule has 0 spiro atoms. The van der Waals surface area contributed by atoms with Crippen molar-refractivity contribution < 1.29 is 24.5 Å². The molecule has 0 aromatic carbocycles. The van der Waals surface area contributed by atoms with Gasteiger partial charge in [0.05, 0.1) is 19.7 Å². The summed E-state index contributed by atoms with van der Waals surface area (Å²) in [5.74, 6) is -2.13. The van der Waals surface area contributed by atoms with Crippen LogP contribution in [0.15, 0.2) is 16.9 Å². The van der Waals surface area contributed by atoms with E-state index in [4.69, 9.17) is 14.9 Å². The molecular formula is C11H15N3O6. The van der Waals surface area contributed by atoms with Crippen molar-refractivity contribution in [1.29, 1.82) is 0 Å². The molecule has 1 amide bonds. The maximum absolute atomic E-state index is 11.7. The van der Waals surface area contributed by atoms with Gasteiger partial charge in [-0.1, -0.05) is 0 Å². The van der Waals surface area contributed by atoms with Gasteiger partial charge in [-0.3, -0.25) is 9.59 Å². The van der Waals surface area contributed by atoms with Gasteiger partial charge in [0.15, 0.2) is 6.10 Å². The van der Waals surface area contributed by atoms with Gasteiger partial charge in [-0.05, 0) is 6.07 Å². The molecule has 1 aromatic rings. The fraction of sp³-hybridized carbons (Fsp3) is 0.455. The number of carboxylic acid groups (broad SMARTS) is 1. The second kappa shape index (κ2) is 7.36. The first-order valence-electron chi connectivity index (χ1n) is 5.72. The summed E-state index contributed by atoms with van der Waals surface area (Å²) < 4.78 is 5.87. The number of hydrogen-bond acceptors (Lipinski definition) is 6. The molecule has 3 N–H and O–H groups in total. The maximum Gasteiger partial charge on any atom is 0.334 e. The highest BCUT2D eigenvalue weighted by atomic mass is 16.5. The highest BCUT2D eigenvalue weighted by molar-refractivity contribution is 5.92. The summed E-state index contributed by atoms with van der Waals surface area (Å²) in [7, 11) is 1.47. The highest BCUT2D eigenvalue weighted by Gasteiger charge is 2.16. The zero-order valence-electron chi connectivity index (χ0n) is 10.8. The van der Waals surface area contributed by atoms with E-state index >= 15 is 0 Å². The molecule has 0 fully saturated rings. The van der Waals surface area contributed by atoms with Crippen LogP contribution in [0.1, 0.15) is 10.5 Å². The summed E-state index contributed by atoms with van der Waals surface area (Å²) >= 11 is 0. The Hall–Kier alpha value is -2.26. The van der Waals surface area contributed by atoms with Crippen LogP contribution in [0.25, 0.3) is 0 Å². The van der Waals surface area contributed by atoms with Gasteiger partial charge in [0.25, 0.3) is 11.5 Å². The molecular weight excluding hydrogens is 270 g/mol. The van der Waals surface area contributed by atoms with Gasteiger partial charge in [0.1, 0.15) is 5.69 Å². The number of rotatable bonds is 7. The number of nitrogens with zero attached hydrogens (tertiary/aromatic N) is 2. The van der Waals surface area contributed by atoms with Crippen molar-refractivity contribution in [2.75, 3.05) is 20.3 Å². The molecule has 1 aromatic heterocycles. The van der Waals surface area contributed by atoms with E-state index in [0.717, 1.165) is 4.68 Å². The lowest BCUT2D eigenvalue weighted by Gasteiger charge is -2.09. The van der Waals surface area contributed by atoms with Gasteiger partial charge in [0, 0.05) is 13.2 Å². The fourth-order valence-electron chi connectivity index (χ4n) is 1.28. The lowest BCUT2D eigenvalue weighted by molar-refractivity contribution is -0.146. The third kappa shape index (κ3) is 4.44. The number of ether oxygens (including phenoxy) is 1. The van der Waals surface area contributed by atoms with E-state index in [9.17, 15) is 14.4 Å². The number of carboxylic acids is 1. The molecule has 0 aliphatic heterocycles. The van der Waals surface area contributed by atoms with E-state index in [1.54, 1.807) is 0 Å². The number of amides is 1. The number of aromatic nitrogens is 2. The van der Waals surface area contributed by atoms with Crippen LogP contribution in [0.3, 0.4) is 0 Å². The average Bonchev–Trinajstić information content (AvgIpc) is 2.43. The Balaban J connectivity index is 2.73. The van der Waals surface area contributed by atoms with E-state index < -0.39 is 24.5 Å². The van der Waals surface area contributed by atoms with Crippen molar-refractivity contribution in [2.45, 2.75) is 12.6 Å². The van der Waals surface area contributed by atoms with E-state index in [2.05, 4.69) is 10.4 Å². The second-order valence-electron chi connectivity index (χ2n) is 3.84. The smallest absolute Gasteiger partial charge is 0.334 e. The van der Waals surface area contributed by atoms with E-state index in [1.165, 1.54) is 19.2 Å². The molecule has 9 nitrogen and oxygen atoms in total. The van der Waals surface area contributed by atoms with Crippen LogP contribution in [0.4, 0.5) is 0 Å². The summed E-state index contributed by atoms with van der Waals surface area (Å²) in [5.41, 5.74) is -0.442. The lowest BCUT2D eigenvalue weighted by atomic mass is 10.3. The van der Waals surface area contributed by atoms with Crippen LogP contribution < -0.4 is 10.9 Å². The van der Waals surface area contributed by atoms with Crippen LogP contribution in [0.5, 0.6) is 0 Å². The van der Waals surface area contributed by atoms with E-state index in [-0.39, 0.29) is 24.4 Å². The summed E-state index contributed by atoms with van der Waals surface area (Å²) in [5, 5.41) is 23.5. The zero-order valence-corrected chi connectivity index (χ0v) is 10.8. The molecule has 1 heterocycles. The number of carbonyl (C=O) groups excluding carboxylic acids is 1. The Bertz CT molecular complexity index is 541. The van der Waals surface area contributed by atoms with Gasteiger partial charge in [-0.25, -0.2) is 9.48 Å². The van der Waals surface area contributed by atoms with Crippen LogP contribution >= 0.6 is 0 Å². The van der Waals surface area contributed by atoms with E-state index in [0.29, 0.717) is 0 Å². The average molecular weight is 285 g/mol. The molecule has 0 bridgehead atoms. The number of aliphatic hydroxyl groups is 1. The zero-order chi connectivity index (χ0) is 15.1. The Labute approximate surface area is 113 Å². The normalized spacial score (nSPS) is 11.9. The standard InChI is InChI=1S/C11H15N3O6/c1-20-5-4-14-9(16)3-2-7(13-14)10(17)12-6-8(15)11(18)19/h2-3,8,15H,4-6H2,1H3,(H,12,17)(H,18,19)/t8-/m0/s1. The summed E-state index contributed by atoms with van der Waals surface area (Å²) in [6.45, 7) is -0.00302. The largest absolute Gasteiger partial charge is 0.479 e. The fourth-order valence-corrected chi connectivity index (χ4v) is 1.28. The molecule has 0 unspecified atom stereocenters. The molecule has 0 radical (unpaired) electrons. The second-order valence-corrected chi connectivity index (χ2v) is 3.84. The lowest BCUT2D eigenvalue weighted by Crippen LogP contribution is -2.37. The van der Waals surface area contributed by atoms with E-state index in [1.807, 2.05) is 0 Å². The third-order valence-electron chi connectivity index (χ3n) is 2.35. The molecule has 0 saturated heterocycles. The third-order valence-corrected chi connectivity index (χ3v) is 2.35. The molecule has 0 aliphatic rings. The first-order valence-corrected chi connectivity index (χ1v) is 5.72. The first-order chi connectivity index (χ1) is 9.45. The quantitative estimate of drug-likeness (QED) is 0.531. The van der Waals surface area contributed by atoms with Crippen LogP contribution in [-0.2, 0) is 16.1 Å². The molecule has 1 atom stereocenters.